The summed E-state index contributed by atoms with van der Waals surface area (Å²) < 4.78 is 4.82. The molecule has 1 aromatic rings. The van der Waals surface area contributed by atoms with Gasteiger partial charge in [0.1, 0.15) is 6.26 Å². The Morgan fingerprint density at radius 2 is 2.24 bits per heavy atom. The molecule has 1 amide bonds. The van der Waals surface area contributed by atoms with Crippen molar-refractivity contribution in [3.05, 3.63) is 12.0 Å². The van der Waals surface area contributed by atoms with Gasteiger partial charge in [-0.15, -0.1) is 0 Å². The van der Waals surface area contributed by atoms with Gasteiger partial charge in [0, 0.05) is 6.54 Å². The lowest BCUT2D eigenvalue weighted by molar-refractivity contribution is -0.119. The number of anilines is 1. The number of carbonyl (C=O) groups excluding carboxylic acids is 1. The zero-order valence-electron chi connectivity index (χ0n) is 9.69. The van der Waals surface area contributed by atoms with Crippen molar-refractivity contribution in [2.45, 2.75) is 13.8 Å². The first-order valence-corrected chi connectivity index (χ1v) is 5.18. The SMILES string of the molecule is CC(C)CNC(=O)CNc1nc(C(=O)O)co1. The van der Waals surface area contributed by atoms with Crippen LogP contribution in [0, 0.1) is 5.92 Å². The lowest BCUT2D eigenvalue weighted by atomic mass is 10.2. The number of carboxylic acid groups (broad SMARTS) is 1. The third-order valence-electron chi connectivity index (χ3n) is 1.83. The first kappa shape index (κ1) is 13.0. The molecule has 0 fully saturated rings. The van der Waals surface area contributed by atoms with Crippen LogP contribution in [-0.4, -0.2) is 35.1 Å². The summed E-state index contributed by atoms with van der Waals surface area (Å²) in [6.07, 6.45) is 1.01. The van der Waals surface area contributed by atoms with E-state index in [-0.39, 0.29) is 24.2 Å². The lowest BCUT2D eigenvalue weighted by Crippen LogP contribution is -2.32. The van der Waals surface area contributed by atoms with Gasteiger partial charge in [-0.3, -0.25) is 4.79 Å². The summed E-state index contributed by atoms with van der Waals surface area (Å²) in [5, 5.41) is 13.9. The smallest absolute Gasteiger partial charge is 0.357 e. The molecule has 0 saturated heterocycles. The summed E-state index contributed by atoms with van der Waals surface area (Å²) in [5.74, 6) is -1.00. The molecule has 0 spiro atoms. The predicted octanol–water partition coefficient (Wildman–Crippen LogP) is 0.557. The van der Waals surface area contributed by atoms with Gasteiger partial charge >= 0.3 is 5.97 Å². The Hall–Kier alpha value is -2.05. The minimum atomic E-state index is -1.17. The van der Waals surface area contributed by atoms with Crippen LogP contribution in [0.1, 0.15) is 24.3 Å². The Morgan fingerprint density at radius 1 is 1.53 bits per heavy atom. The van der Waals surface area contributed by atoms with E-state index in [2.05, 4.69) is 15.6 Å². The van der Waals surface area contributed by atoms with E-state index in [0.29, 0.717) is 12.5 Å². The molecule has 3 N–H and O–H groups in total. The minimum Gasteiger partial charge on any atom is -0.476 e. The number of oxazole rings is 1. The van der Waals surface area contributed by atoms with E-state index in [4.69, 9.17) is 9.52 Å². The molecule has 0 saturated carbocycles. The number of hydrogen-bond acceptors (Lipinski definition) is 5. The Kier molecular flexibility index (Phi) is 4.50. The molecule has 0 aliphatic rings. The molecule has 0 bridgehead atoms. The molecule has 0 unspecified atom stereocenters. The van der Waals surface area contributed by atoms with Crippen LogP contribution in [-0.2, 0) is 4.79 Å². The number of nitrogens with zero attached hydrogens (tertiary/aromatic N) is 1. The van der Waals surface area contributed by atoms with Gasteiger partial charge in [0.25, 0.3) is 6.01 Å². The van der Waals surface area contributed by atoms with E-state index in [1.165, 1.54) is 0 Å². The maximum atomic E-state index is 11.3. The minimum absolute atomic E-state index is 0.00765. The topological polar surface area (TPSA) is 104 Å². The molecule has 94 valence electrons. The van der Waals surface area contributed by atoms with Crippen molar-refractivity contribution in [2.24, 2.45) is 5.92 Å². The third-order valence-corrected chi connectivity index (χ3v) is 1.83. The maximum absolute atomic E-state index is 11.3. The quantitative estimate of drug-likeness (QED) is 0.672. The highest BCUT2D eigenvalue weighted by Gasteiger charge is 2.10. The number of amides is 1. The number of carbonyl (C=O) groups is 2. The fourth-order valence-electron chi connectivity index (χ4n) is 0.990. The van der Waals surface area contributed by atoms with Crippen LogP contribution in [0.3, 0.4) is 0 Å². The average molecular weight is 241 g/mol. The molecule has 1 aromatic heterocycles. The fraction of sp³-hybridized carbons (Fsp3) is 0.500. The number of nitrogens with one attached hydrogen (secondary N) is 2. The van der Waals surface area contributed by atoms with Gasteiger partial charge in [0.2, 0.25) is 5.91 Å². The van der Waals surface area contributed by atoms with Crippen molar-refractivity contribution in [1.82, 2.24) is 10.3 Å². The highest BCUT2D eigenvalue weighted by atomic mass is 16.4. The normalized spacial score (nSPS) is 10.3. The van der Waals surface area contributed by atoms with Gasteiger partial charge in [0.15, 0.2) is 5.69 Å². The van der Waals surface area contributed by atoms with Gasteiger partial charge in [-0.05, 0) is 5.92 Å². The zero-order valence-corrected chi connectivity index (χ0v) is 9.69. The molecule has 17 heavy (non-hydrogen) atoms. The molecule has 7 nitrogen and oxygen atoms in total. The van der Waals surface area contributed by atoms with E-state index >= 15 is 0 Å². The molecule has 7 heteroatoms. The second-order valence-electron chi connectivity index (χ2n) is 3.89. The summed E-state index contributed by atoms with van der Waals surface area (Å²) in [6, 6.07) is 0.0158. The summed E-state index contributed by atoms with van der Waals surface area (Å²) in [7, 11) is 0. The van der Waals surface area contributed by atoms with Gasteiger partial charge < -0.3 is 20.2 Å². The molecular weight excluding hydrogens is 226 g/mol. The monoisotopic (exact) mass is 241 g/mol. The second kappa shape index (κ2) is 5.88. The van der Waals surface area contributed by atoms with E-state index < -0.39 is 5.97 Å². The Bertz CT molecular complexity index is 400. The molecule has 0 atom stereocenters. The number of hydrogen-bond donors (Lipinski definition) is 3. The first-order valence-electron chi connectivity index (χ1n) is 5.18. The summed E-state index contributed by atoms with van der Waals surface area (Å²) in [4.78, 5) is 25.4. The van der Waals surface area contributed by atoms with E-state index in [1.807, 2.05) is 13.8 Å². The van der Waals surface area contributed by atoms with Gasteiger partial charge in [-0.25, -0.2) is 4.79 Å². The summed E-state index contributed by atoms with van der Waals surface area (Å²) >= 11 is 0. The van der Waals surface area contributed by atoms with Gasteiger partial charge in [0.05, 0.1) is 6.54 Å². The van der Waals surface area contributed by atoms with Crippen molar-refractivity contribution in [3.8, 4) is 0 Å². The largest absolute Gasteiger partial charge is 0.476 e. The van der Waals surface area contributed by atoms with Crippen LogP contribution in [0.25, 0.3) is 0 Å². The zero-order chi connectivity index (χ0) is 12.8. The highest BCUT2D eigenvalue weighted by molar-refractivity contribution is 5.85. The maximum Gasteiger partial charge on any atom is 0.357 e. The first-order chi connectivity index (χ1) is 7.99. The summed E-state index contributed by atoms with van der Waals surface area (Å²) in [5.41, 5.74) is -0.199. The molecule has 0 aromatic carbocycles. The van der Waals surface area contributed by atoms with Crippen LogP contribution in [0.2, 0.25) is 0 Å². The lowest BCUT2D eigenvalue weighted by Gasteiger charge is -2.07. The number of aromatic nitrogens is 1. The average Bonchev–Trinajstić information content (AvgIpc) is 2.72. The molecule has 1 rings (SSSR count). The van der Waals surface area contributed by atoms with E-state index in [0.717, 1.165) is 6.26 Å². The van der Waals surface area contributed by atoms with E-state index in [1.54, 1.807) is 0 Å². The van der Waals surface area contributed by atoms with Crippen LogP contribution < -0.4 is 10.6 Å². The number of carboxylic acids is 1. The van der Waals surface area contributed by atoms with Crippen LogP contribution in [0.5, 0.6) is 0 Å². The second-order valence-corrected chi connectivity index (χ2v) is 3.89. The van der Waals surface area contributed by atoms with Crippen molar-refractivity contribution in [2.75, 3.05) is 18.4 Å². The van der Waals surface area contributed by atoms with Gasteiger partial charge in [-0.1, -0.05) is 13.8 Å². The molecule has 0 aliphatic heterocycles. The summed E-state index contributed by atoms with van der Waals surface area (Å²) in [6.45, 7) is 4.56. The number of aromatic carboxylic acids is 1. The van der Waals surface area contributed by atoms with Crippen molar-refractivity contribution in [3.63, 3.8) is 0 Å². The van der Waals surface area contributed by atoms with E-state index in [9.17, 15) is 9.59 Å². The Balaban J connectivity index is 2.34. The van der Waals surface area contributed by atoms with Crippen LogP contribution >= 0.6 is 0 Å². The standard InChI is InChI=1S/C10H15N3O4/c1-6(2)3-11-8(14)4-12-10-13-7(5-17-10)9(15)16/h5-6H,3-4H2,1-2H3,(H,11,14)(H,12,13)(H,15,16). The molecule has 1 heterocycles. The van der Waals surface area contributed by atoms with Crippen LogP contribution in [0.4, 0.5) is 6.01 Å². The molecule has 0 aliphatic carbocycles. The van der Waals surface area contributed by atoms with Gasteiger partial charge in [-0.2, -0.15) is 4.98 Å². The Morgan fingerprint density at radius 3 is 2.76 bits per heavy atom. The van der Waals surface area contributed by atoms with Crippen molar-refractivity contribution < 1.29 is 19.1 Å². The number of rotatable bonds is 6. The Labute approximate surface area is 98.2 Å². The highest BCUT2D eigenvalue weighted by Crippen LogP contribution is 2.06. The van der Waals surface area contributed by atoms with Crippen molar-refractivity contribution in [1.29, 1.82) is 0 Å². The van der Waals surface area contributed by atoms with Crippen LogP contribution in [0.15, 0.2) is 10.7 Å². The predicted molar refractivity (Wildman–Crippen MR) is 59.8 cm³/mol. The third kappa shape index (κ3) is 4.54. The molecular formula is C10H15N3O4. The fourth-order valence-corrected chi connectivity index (χ4v) is 0.990. The van der Waals surface area contributed by atoms with Crippen molar-refractivity contribution >= 4 is 17.9 Å². The molecule has 0 radical (unpaired) electrons.